The fourth-order valence-corrected chi connectivity index (χ4v) is 2.37. The molecule has 2 atom stereocenters. The van der Waals surface area contributed by atoms with Gasteiger partial charge in [0.2, 0.25) is 5.91 Å². The molecule has 2 N–H and O–H groups in total. The SMILES string of the molecule is CCCCCN1CC(C(=O)NC)CC1C(=O)O. The zero-order chi connectivity index (χ0) is 12.8. The highest BCUT2D eigenvalue weighted by Gasteiger charge is 2.39. The van der Waals surface area contributed by atoms with Crippen molar-refractivity contribution in [2.45, 2.75) is 38.6 Å². The van der Waals surface area contributed by atoms with E-state index >= 15 is 0 Å². The van der Waals surface area contributed by atoms with Gasteiger partial charge in [-0.25, -0.2) is 0 Å². The maximum atomic E-state index is 11.5. The Morgan fingerprint density at radius 1 is 1.41 bits per heavy atom. The predicted octanol–water partition coefficient (Wildman–Crippen LogP) is 0.698. The number of hydrogen-bond acceptors (Lipinski definition) is 3. The summed E-state index contributed by atoms with van der Waals surface area (Å²) in [5.74, 6) is -1.04. The van der Waals surface area contributed by atoms with E-state index in [1.165, 1.54) is 0 Å². The first kappa shape index (κ1) is 14.0. The first-order valence-corrected chi connectivity index (χ1v) is 6.28. The highest BCUT2D eigenvalue weighted by molar-refractivity contribution is 5.81. The molecule has 0 saturated carbocycles. The van der Waals surface area contributed by atoms with Gasteiger partial charge < -0.3 is 10.4 Å². The minimum Gasteiger partial charge on any atom is -0.480 e. The van der Waals surface area contributed by atoms with Gasteiger partial charge in [-0.1, -0.05) is 19.8 Å². The number of carbonyl (C=O) groups is 2. The summed E-state index contributed by atoms with van der Waals surface area (Å²) in [6.07, 6.45) is 3.65. The van der Waals surface area contributed by atoms with Crippen LogP contribution in [0, 0.1) is 5.92 Å². The smallest absolute Gasteiger partial charge is 0.320 e. The molecule has 98 valence electrons. The number of carbonyl (C=O) groups excluding carboxylic acids is 1. The normalized spacial score (nSPS) is 24.8. The minimum atomic E-state index is -0.812. The summed E-state index contributed by atoms with van der Waals surface area (Å²) >= 11 is 0. The van der Waals surface area contributed by atoms with Gasteiger partial charge in [-0.2, -0.15) is 0 Å². The number of rotatable bonds is 6. The molecule has 1 saturated heterocycles. The van der Waals surface area contributed by atoms with Crippen molar-refractivity contribution in [1.29, 1.82) is 0 Å². The standard InChI is InChI=1S/C12H22N2O3/c1-3-4-5-6-14-8-9(11(15)13-2)7-10(14)12(16)17/h9-10H,3-8H2,1-2H3,(H,13,15)(H,16,17). The summed E-state index contributed by atoms with van der Waals surface area (Å²) in [5.41, 5.74) is 0. The number of aliphatic carboxylic acids is 1. The molecule has 1 amide bonds. The van der Waals surface area contributed by atoms with E-state index in [0.717, 1.165) is 25.8 Å². The van der Waals surface area contributed by atoms with Crippen LogP contribution in [0.4, 0.5) is 0 Å². The summed E-state index contributed by atoms with van der Waals surface area (Å²) in [4.78, 5) is 24.6. The van der Waals surface area contributed by atoms with E-state index in [1.807, 2.05) is 4.90 Å². The quantitative estimate of drug-likeness (QED) is 0.673. The van der Waals surface area contributed by atoms with Gasteiger partial charge in [0, 0.05) is 13.6 Å². The molecule has 0 radical (unpaired) electrons. The Balaban J connectivity index is 2.54. The molecule has 0 bridgehead atoms. The second-order valence-electron chi connectivity index (χ2n) is 4.60. The van der Waals surface area contributed by atoms with Crippen LogP contribution in [-0.4, -0.2) is 48.1 Å². The lowest BCUT2D eigenvalue weighted by molar-refractivity contribution is -0.142. The Morgan fingerprint density at radius 2 is 2.12 bits per heavy atom. The van der Waals surface area contributed by atoms with E-state index in [1.54, 1.807) is 7.05 Å². The van der Waals surface area contributed by atoms with E-state index < -0.39 is 12.0 Å². The topological polar surface area (TPSA) is 69.6 Å². The third-order valence-electron chi connectivity index (χ3n) is 3.35. The molecule has 1 heterocycles. The molecule has 5 nitrogen and oxygen atoms in total. The number of nitrogens with one attached hydrogen (secondary N) is 1. The Morgan fingerprint density at radius 3 is 2.65 bits per heavy atom. The zero-order valence-corrected chi connectivity index (χ0v) is 10.6. The molecular formula is C12H22N2O3. The maximum absolute atomic E-state index is 11.5. The third-order valence-corrected chi connectivity index (χ3v) is 3.35. The van der Waals surface area contributed by atoms with Gasteiger partial charge in [-0.05, 0) is 19.4 Å². The zero-order valence-electron chi connectivity index (χ0n) is 10.6. The molecular weight excluding hydrogens is 220 g/mol. The molecule has 0 aromatic carbocycles. The fourth-order valence-electron chi connectivity index (χ4n) is 2.37. The van der Waals surface area contributed by atoms with Crippen LogP contribution < -0.4 is 5.32 Å². The Bertz CT molecular complexity index is 281. The van der Waals surface area contributed by atoms with E-state index in [-0.39, 0.29) is 11.8 Å². The van der Waals surface area contributed by atoms with E-state index in [9.17, 15) is 9.59 Å². The van der Waals surface area contributed by atoms with Gasteiger partial charge in [-0.15, -0.1) is 0 Å². The molecule has 1 aliphatic heterocycles. The number of carboxylic acids is 1. The van der Waals surface area contributed by atoms with E-state index in [4.69, 9.17) is 5.11 Å². The lowest BCUT2D eigenvalue weighted by atomic mass is 10.1. The number of unbranched alkanes of at least 4 members (excludes halogenated alkanes) is 2. The highest BCUT2D eigenvalue weighted by Crippen LogP contribution is 2.24. The first-order valence-electron chi connectivity index (χ1n) is 6.28. The largest absolute Gasteiger partial charge is 0.480 e. The van der Waals surface area contributed by atoms with Crippen LogP contribution in [0.15, 0.2) is 0 Å². The van der Waals surface area contributed by atoms with Crippen molar-refractivity contribution >= 4 is 11.9 Å². The molecule has 0 aliphatic carbocycles. The summed E-state index contributed by atoms with van der Waals surface area (Å²) < 4.78 is 0. The minimum absolute atomic E-state index is 0.0470. The molecule has 1 aliphatic rings. The molecule has 0 spiro atoms. The molecule has 0 aromatic rings. The molecule has 1 rings (SSSR count). The van der Waals surface area contributed by atoms with E-state index in [2.05, 4.69) is 12.2 Å². The maximum Gasteiger partial charge on any atom is 0.320 e. The summed E-state index contributed by atoms with van der Waals surface area (Å²) in [6, 6.07) is -0.492. The number of amides is 1. The monoisotopic (exact) mass is 242 g/mol. The van der Waals surface area contributed by atoms with Crippen LogP contribution >= 0.6 is 0 Å². The second kappa shape index (κ2) is 6.59. The lowest BCUT2D eigenvalue weighted by Crippen LogP contribution is -2.36. The first-order chi connectivity index (χ1) is 8.10. The summed E-state index contributed by atoms with van der Waals surface area (Å²) in [5, 5.41) is 11.7. The lowest BCUT2D eigenvalue weighted by Gasteiger charge is -2.20. The molecule has 0 aromatic heterocycles. The van der Waals surface area contributed by atoms with Crippen molar-refractivity contribution in [1.82, 2.24) is 10.2 Å². The van der Waals surface area contributed by atoms with Crippen LogP contribution in [0.2, 0.25) is 0 Å². The average molecular weight is 242 g/mol. The van der Waals surface area contributed by atoms with Gasteiger partial charge in [0.15, 0.2) is 0 Å². The van der Waals surface area contributed by atoms with Crippen LogP contribution in [0.5, 0.6) is 0 Å². The van der Waals surface area contributed by atoms with Gasteiger partial charge in [0.05, 0.1) is 5.92 Å². The van der Waals surface area contributed by atoms with Crippen LogP contribution in [0.25, 0.3) is 0 Å². The number of likely N-dealkylation sites (tertiary alicyclic amines) is 1. The number of carboxylic acid groups (broad SMARTS) is 1. The predicted molar refractivity (Wildman–Crippen MR) is 64.7 cm³/mol. The Hall–Kier alpha value is -1.10. The van der Waals surface area contributed by atoms with Crippen molar-refractivity contribution in [2.24, 2.45) is 5.92 Å². The van der Waals surface area contributed by atoms with E-state index in [0.29, 0.717) is 13.0 Å². The van der Waals surface area contributed by atoms with Crippen molar-refractivity contribution in [3.8, 4) is 0 Å². The van der Waals surface area contributed by atoms with Gasteiger partial charge >= 0.3 is 5.97 Å². The molecule has 17 heavy (non-hydrogen) atoms. The van der Waals surface area contributed by atoms with Crippen LogP contribution in [0.3, 0.4) is 0 Å². The summed E-state index contributed by atoms with van der Waals surface area (Å²) in [7, 11) is 1.60. The van der Waals surface area contributed by atoms with Crippen LogP contribution in [0.1, 0.15) is 32.6 Å². The molecule has 1 fully saturated rings. The van der Waals surface area contributed by atoms with Crippen molar-refractivity contribution < 1.29 is 14.7 Å². The molecule has 5 heteroatoms. The second-order valence-corrected chi connectivity index (χ2v) is 4.60. The van der Waals surface area contributed by atoms with Crippen LogP contribution in [-0.2, 0) is 9.59 Å². The van der Waals surface area contributed by atoms with Crippen molar-refractivity contribution in [2.75, 3.05) is 20.1 Å². The number of hydrogen-bond donors (Lipinski definition) is 2. The van der Waals surface area contributed by atoms with Gasteiger partial charge in [0.1, 0.15) is 6.04 Å². The third kappa shape index (κ3) is 3.70. The molecule has 2 unspecified atom stereocenters. The average Bonchev–Trinajstić information content (AvgIpc) is 2.73. The Labute approximate surface area is 102 Å². The Kier molecular flexibility index (Phi) is 5.41. The highest BCUT2D eigenvalue weighted by atomic mass is 16.4. The van der Waals surface area contributed by atoms with Gasteiger partial charge in [0.25, 0.3) is 0 Å². The summed E-state index contributed by atoms with van der Waals surface area (Å²) in [6.45, 7) is 3.46. The van der Waals surface area contributed by atoms with Crippen molar-refractivity contribution in [3.05, 3.63) is 0 Å². The van der Waals surface area contributed by atoms with Gasteiger partial charge in [-0.3, -0.25) is 14.5 Å². The number of nitrogens with zero attached hydrogens (tertiary/aromatic N) is 1. The van der Waals surface area contributed by atoms with Crippen molar-refractivity contribution in [3.63, 3.8) is 0 Å². The fraction of sp³-hybridized carbons (Fsp3) is 0.833.